The monoisotopic (exact) mass is 470 g/mol. The van der Waals surface area contributed by atoms with E-state index in [1.165, 1.54) is 6.21 Å². The number of carbonyl (C=O) groups is 1. The minimum Gasteiger partial charge on any atom is -0.481 e. The van der Waals surface area contributed by atoms with Crippen molar-refractivity contribution in [3.8, 4) is 11.1 Å². The van der Waals surface area contributed by atoms with Gasteiger partial charge in [0.15, 0.2) is 0 Å². The normalized spacial score (nSPS) is 14.8. The maximum atomic E-state index is 11.7. The van der Waals surface area contributed by atoms with Crippen LogP contribution in [-0.4, -0.2) is 39.3 Å². The van der Waals surface area contributed by atoms with E-state index < -0.39 is 11.4 Å². The summed E-state index contributed by atoms with van der Waals surface area (Å²) < 4.78 is 0. The van der Waals surface area contributed by atoms with Crippen LogP contribution in [0.1, 0.15) is 55.1 Å². The van der Waals surface area contributed by atoms with Crippen LogP contribution in [0.5, 0.6) is 0 Å². The van der Waals surface area contributed by atoms with E-state index in [1.807, 2.05) is 37.3 Å². The molecule has 4 N–H and O–H groups in total. The fourth-order valence-electron chi connectivity index (χ4n) is 4.13. The molecule has 2 aromatic heterocycles. The zero-order chi connectivity index (χ0) is 25.2. The number of pyridine rings is 1. The van der Waals surface area contributed by atoms with E-state index in [2.05, 4.69) is 39.4 Å². The molecule has 4 rings (SSSR count). The minimum atomic E-state index is -0.752. The van der Waals surface area contributed by atoms with E-state index in [1.54, 1.807) is 25.6 Å². The van der Waals surface area contributed by atoms with Gasteiger partial charge >= 0.3 is 5.97 Å². The number of aromatic nitrogens is 3. The summed E-state index contributed by atoms with van der Waals surface area (Å²) in [6, 6.07) is 9.69. The molecule has 8 nitrogen and oxygen atoms in total. The van der Waals surface area contributed by atoms with E-state index >= 15 is 0 Å². The van der Waals surface area contributed by atoms with Crippen molar-refractivity contribution in [2.24, 2.45) is 0 Å². The summed E-state index contributed by atoms with van der Waals surface area (Å²) in [6.45, 7) is 6.11. The van der Waals surface area contributed by atoms with Gasteiger partial charge < -0.3 is 21.1 Å². The Morgan fingerprint density at radius 3 is 2.49 bits per heavy atom. The van der Waals surface area contributed by atoms with Crippen LogP contribution in [0.25, 0.3) is 16.7 Å². The quantitative estimate of drug-likeness (QED) is 0.333. The molecule has 0 aliphatic heterocycles. The first-order valence-corrected chi connectivity index (χ1v) is 11.6. The van der Waals surface area contributed by atoms with E-state index in [0.29, 0.717) is 35.7 Å². The largest absolute Gasteiger partial charge is 0.481 e. The first-order valence-electron chi connectivity index (χ1n) is 11.6. The summed E-state index contributed by atoms with van der Waals surface area (Å²) in [5, 5.41) is 23.9. The maximum Gasteiger partial charge on any atom is 0.314 e. The number of hydrogen-bond acceptors (Lipinski definition) is 7. The number of aliphatic carboxylic acids is 1. The van der Waals surface area contributed by atoms with E-state index in [9.17, 15) is 9.90 Å². The van der Waals surface area contributed by atoms with Gasteiger partial charge in [0.25, 0.3) is 0 Å². The van der Waals surface area contributed by atoms with Gasteiger partial charge in [-0.05, 0) is 48.4 Å². The molecule has 0 atom stereocenters. The lowest BCUT2D eigenvalue weighted by atomic mass is 9.91. The number of benzene rings is 1. The van der Waals surface area contributed by atoms with Crippen LogP contribution in [0.3, 0.4) is 0 Å². The standard InChI is InChI=1S/C27H30N6O2/c1-16(2)23-14-30-15-24(32-23)33-25(29-4)21(12-28)22-8-5-18(13-31-22)20-7-6-19(11-17(20)3)27(9-10-27)26(34)35/h5-8,11-16,28-29H,9-10H2,1-4H3,(H,32,33)(H,34,35)/b25-21-,28-12?. The topological polar surface area (TPSA) is 124 Å². The molecule has 0 radical (unpaired) electrons. The maximum absolute atomic E-state index is 11.7. The molecular weight excluding hydrogens is 440 g/mol. The van der Waals surface area contributed by atoms with E-state index in [0.717, 1.165) is 27.9 Å². The predicted octanol–water partition coefficient (Wildman–Crippen LogP) is 4.74. The highest BCUT2D eigenvalue weighted by Crippen LogP contribution is 2.49. The third-order valence-electron chi connectivity index (χ3n) is 6.45. The second-order valence-electron chi connectivity index (χ2n) is 9.14. The number of allylic oxidation sites excluding steroid dienone is 1. The van der Waals surface area contributed by atoms with Crippen molar-refractivity contribution in [1.82, 2.24) is 20.3 Å². The molecule has 35 heavy (non-hydrogen) atoms. The Morgan fingerprint density at radius 2 is 1.94 bits per heavy atom. The summed E-state index contributed by atoms with van der Waals surface area (Å²) in [4.78, 5) is 25.1. The molecule has 1 aromatic carbocycles. The van der Waals surface area contributed by atoms with Crippen LogP contribution in [0.4, 0.5) is 5.82 Å². The third kappa shape index (κ3) is 4.77. The van der Waals surface area contributed by atoms with Crippen LogP contribution >= 0.6 is 0 Å². The lowest BCUT2D eigenvalue weighted by molar-refractivity contribution is -0.140. The molecular formula is C27H30N6O2. The number of nitrogens with one attached hydrogen (secondary N) is 3. The zero-order valence-electron chi connectivity index (χ0n) is 20.4. The van der Waals surface area contributed by atoms with Gasteiger partial charge in [0.1, 0.15) is 11.6 Å². The van der Waals surface area contributed by atoms with Gasteiger partial charge in [-0.3, -0.25) is 14.8 Å². The minimum absolute atomic E-state index is 0.249. The lowest BCUT2D eigenvalue weighted by Gasteiger charge is -2.15. The first-order chi connectivity index (χ1) is 16.8. The zero-order valence-corrected chi connectivity index (χ0v) is 20.4. The van der Waals surface area contributed by atoms with Crippen molar-refractivity contribution in [2.75, 3.05) is 12.4 Å². The Kier molecular flexibility index (Phi) is 6.64. The van der Waals surface area contributed by atoms with Gasteiger partial charge in [-0.2, -0.15) is 0 Å². The average Bonchev–Trinajstić information content (AvgIpc) is 3.67. The highest BCUT2D eigenvalue weighted by molar-refractivity contribution is 6.09. The van der Waals surface area contributed by atoms with Crippen LogP contribution in [-0.2, 0) is 10.2 Å². The fraction of sp³-hybridized carbons (Fsp3) is 0.296. The van der Waals surface area contributed by atoms with Crippen LogP contribution < -0.4 is 10.6 Å². The van der Waals surface area contributed by atoms with Crippen molar-refractivity contribution in [1.29, 1.82) is 5.41 Å². The van der Waals surface area contributed by atoms with Crippen LogP contribution in [0.2, 0.25) is 0 Å². The van der Waals surface area contributed by atoms with Gasteiger partial charge in [-0.25, -0.2) is 4.98 Å². The molecule has 0 unspecified atom stereocenters. The van der Waals surface area contributed by atoms with Crippen LogP contribution in [0, 0.1) is 12.3 Å². The molecule has 0 spiro atoms. The third-order valence-corrected chi connectivity index (χ3v) is 6.45. The molecule has 1 aliphatic rings. The molecule has 180 valence electrons. The summed E-state index contributed by atoms with van der Waals surface area (Å²) >= 11 is 0. The lowest BCUT2D eigenvalue weighted by Crippen LogP contribution is -2.19. The van der Waals surface area contributed by atoms with Gasteiger partial charge in [-0.1, -0.05) is 38.1 Å². The SMILES string of the molecule is CN/C(Nc1cncc(C(C)C)n1)=C(\C=N)c1ccc(-c2ccc(C3(C(=O)O)CC3)cc2C)cn1. The van der Waals surface area contributed by atoms with Gasteiger partial charge in [0.05, 0.1) is 28.6 Å². The highest BCUT2D eigenvalue weighted by atomic mass is 16.4. The van der Waals surface area contributed by atoms with Gasteiger partial charge in [0, 0.05) is 31.2 Å². The number of carboxylic acids is 1. The summed E-state index contributed by atoms with van der Waals surface area (Å²) in [5.74, 6) is 0.679. The molecule has 1 fully saturated rings. The Bertz CT molecular complexity index is 1290. The second kappa shape index (κ2) is 9.66. The van der Waals surface area contributed by atoms with Crippen molar-refractivity contribution < 1.29 is 9.90 Å². The summed E-state index contributed by atoms with van der Waals surface area (Å²) in [6.07, 6.45) is 7.79. The molecule has 3 aromatic rings. The Morgan fingerprint density at radius 1 is 1.17 bits per heavy atom. The second-order valence-corrected chi connectivity index (χ2v) is 9.14. The number of carboxylic acid groups (broad SMARTS) is 1. The number of aryl methyl sites for hydroxylation is 1. The molecule has 0 saturated heterocycles. The molecule has 0 amide bonds. The van der Waals surface area contributed by atoms with Crippen molar-refractivity contribution in [3.05, 3.63) is 77.3 Å². The van der Waals surface area contributed by atoms with Crippen molar-refractivity contribution in [2.45, 2.75) is 44.9 Å². The van der Waals surface area contributed by atoms with Gasteiger partial charge in [-0.15, -0.1) is 0 Å². The number of anilines is 1. The Labute approximate surface area is 205 Å². The predicted molar refractivity (Wildman–Crippen MR) is 137 cm³/mol. The van der Waals surface area contributed by atoms with Crippen LogP contribution in [0.15, 0.2) is 54.7 Å². The first kappa shape index (κ1) is 24.1. The summed E-state index contributed by atoms with van der Waals surface area (Å²) in [5.41, 5.74) is 5.17. The fourth-order valence-corrected chi connectivity index (χ4v) is 4.13. The Balaban J connectivity index is 1.61. The molecule has 8 heteroatoms. The number of hydrogen-bond donors (Lipinski definition) is 4. The average molecular weight is 471 g/mol. The van der Waals surface area contributed by atoms with Gasteiger partial charge in [0.2, 0.25) is 0 Å². The molecule has 2 heterocycles. The number of nitrogens with zero attached hydrogens (tertiary/aromatic N) is 3. The van der Waals surface area contributed by atoms with E-state index in [4.69, 9.17) is 5.41 Å². The smallest absolute Gasteiger partial charge is 0.314 e. The highest BCUT2D eigenvalue weighted by Gasteiger charge is 2.51. The van der Waals surface area contributed by atoms with Crippen molar-refractivity contribution in [3.63, 3.8) is 0 Å². The van der Waals surface area contributed by atoms with E-state index in [-0.39, 0.29) is 5.92 Å². The number of rotatable bonds is 9. The summed E-state index contributed by atoms with van der Waals surface area (Å²) in [7, 11) is 1.77. The van der Waals surface area contributed by atoms with Crippen molar-refractivity contribution >= 4 is 23.6 Å². The molecule has 0 bridgehead atoms. The molecule has 1 saturated carbocycles. The molecule has 1 aliphatic carbocycles. The Hall–Kier alpha value is -4.07.